The first-order chi connectivity index (χ1) is 6.65. The van der Waals surface area contributed by atoms with Gasteiger partial charge in [-0.05, 0) is 24.1 Å². The van der Waals surface area contributed by atoms with Crippen LogP contribution < -0.4 is 14.7 Å². The van der Waals surface area contributed by atoms with Crippen LogP contribution in [0, 0.1) is 6.92 Å². The van der Waals surface area contributed by atoms with E-state index in [9.17, 15) is 0 Å². The van der Waals surface area contributed by atoms with Gasteiger partial charge in [-0.1, -0.05) is 17.8 Å². The minimum absolute atomic E-state index is 0.777. The van der Waals surface area contributed by atoms with Crippen molar-refractivity contribution >= 4 is 21.5 Å². The highest BCUT2D eigenvalue weighted by Crippen LogP contribution is 2.30. The molecule has 0 saturated heterocycles. The summed E-state index contributed by atoms with van der Waals surface area (Å²) in [6.45, 7) is 5.84. The van der Waals surface area contributed by atoms with Crippen molar-refractivity contribution < 1.29 is 9.47 Å². The van der Waals surface area contributed by atoms with Crippen LogP contribution in [-0.4, -0.2) is 24.5 Å². The molecule has 2 nitrogen and oxygen atoms in total. The van der Waals surface area contributed by atoms with E-state index in [0.717, 1.165) is 32.9 Å². The second kappa shape index (κ2) is 4.33. The first kappa shape index (κ1) is 10.9. The third-order valence-electron chi connectivity index (χ3n) is 2.49. The first-order valence-corrected chi connectivity index (χ1v) is 5.50. The Labute approximate surface area is 88.0 Å². The number of hydrogen-bond acceptors (Lipinski definition) is 2. The molecule has 14 heavy (non-hydrogen) atoms. The summed E-state index contributed by atoms with van der Waals surface area (Å²) in [4.78, 5) is 0. The quantitative estimate of drug-likeness (QED) is 0.679. The summed E-state index contributed by atoms with van der Waals surface area (Å²) in [5.74, 6) is 1.61. The number of methoxy groups -OCH3 is 2. The molecule has 1 rings (SSSR count). The Hall–Kier alpha value is -1.22. The predicted octanol–water partition coefficient (Wildman–Crippen LogP) is 0.646. The van der Waals surface area contributed by atoms with Crippen LogP contribution in [0.4, 0.5) is 0 Å². The molecule has 0 unspecified atom stereocenters. The summed E-state index contributed by atoms with van der Waals surface area (Å²) in [6, 6.07) is 1.97. The predicted molar refractivity (Wildman–Crippen MR) is 63.9 cm³/mol. The normalized spacial score (nSPS) is 9.93. The fraction of sp³-hybridized carbons (Fsp3) is 0.273. The molecule has 0 aliphatic heterocycles. The lowest BCUT2D eigenvalue weighted by Crippen LogP contribution is -2.13. The minimum Gasteiger partial charge on any atom is -0.493 e. The largest absolute Gasteiger partial charge is 0.493 e. The lowest BCUT2D eigenvalue weighted by molar-refractivity contribution is 0.353. The van der Waals surface area contributed by atoms with Gasteiger partial charge in [0.05, 0.1) is 14.2 Å². The van der Waals surface area contributed by atoms with Gasteiger partial charge in [-0.3, -0.25) is 0 Å². The summed E-state index contributed by atoms with van der Waals surface area (Å²) in [7, 11) is 4.30. The Morgan fingerprint density at radius 3 is 2.43 bits per heavy atom. The van der Waals surface area contributed by atoms with E-state index in [1.807, 2.05) is 12.1 Å². The molecule has 1 aromatic rings. The monoisotopic (exact) mass is 208 g/mol. The molecular weight excluding hydrogens is 192 g/mol. The second-order valence-corrected chi connectivity index (χ2v) is 4.16. The Balaban J connectivity index is 3.45. The summed E-state index contributed by atoms with van der Waals surface area (Å²) >= 11 is 0. The molecule has 0 aliphatic rings. The highest BCUT2D eigenvalue weighted by atomic mass is 28.1. The van der Waals surface area contributed by atoms with Gasteiger partial charge in [0.2, 0.25) is 0 Å². The lowest BCUT2D eigenvalue weighted by Gasteiger charge is -2.14. The van der Waals surface area contributed by atoms with E-state index in [1.165, 1.54) is 5.19 Å². The Morgan fingerprint density at radius 2 is 2.00 bits per heavy atom. The number of rotatable bonds is 3. The highest BCUT2D eigenvalue weighted by molar-refractivity contribution is 6.35. The molecule has 0 aromatic heterocycles. The van der Waals surface area contributed by atoms with E-state index in [0.29, 0.717) is 0 Å². The van der Waals surface area contributed by atoms with Crippen molar-refractivity contribution in [3.63, 3.8) is 0 Å². The molecule has 3 heteroatoms. The van der Waals surface area contributed by atoms with E-state index in [-0.39, 0.29) is 0 Å². The van der Waals surface area contributed by atoms with Gasteiger partial charge in [0.1, 0.15) is 0 Å². The summed E-state index contributed by atoms with van der Waals surface area (Å²) in [5, 5.41) is 1.32. The first-order valence-electron chi connectivity index (χ1n) is 4.50. The average Bonchev–Trinajstić information content (AvgIpc) is 2.21. The van der Waals surface area contributed by atoms with Gasteiger partial charge in [0.15, 0.2) is 11.5 Å². The molecule has 0 saturated carbocycles. The second-order valence-electron chi connectivity index (χ2n) is 3.16. The van der Waals surface area contributed by atoms with Crippen LogP contribution >= 0.6 is 0 Å². The highest BCUT2D eigenvalue weighted by Gasteiger charge is 2.11. The van der Waals surface area contributed by atoms with Gasteiger partial charge in [-0.15, -0.1) is 0 Å². The Morgan fingerprint density at radius 1 is 1.36 bits per heavy atom. The number of benzene rings is 1. The smallest absolute Gasteiger partial charge is 0.163 e. The topological polar surface area (TPSA) is 18.5 Å². The maximum absolute atomic E-state index is 5.31. The molecule has 0 atom stereocenters. The average molecular weight is 208 g/mol. The third-order valence-corrected chi connectivity index (χ3v) is 3.82. The molecule has 76 valence electrons. The molecule has 0 aliphatic carbocycles. The zero-order chi connectivity index (χ0) is 10.7. The van der Waals surface area contributed by atoms with Crippen molar-refractivity contribution in [2.45, 2.75) is 6.92 Å². The molecule has 0 spiro atoms. The van der Waals surface area contributed by atoms with Gasteiger partial charge in [-0.2, -0.15) is 0 Å². The number of hydrogen-bond donors (Lipinski definition) is 0. The van der Waals surface area contributed by atoms with Crippen LogP contribution in [0.25, 0.3) is 6.08 Å². The molecule has 0 radical (unpaired) electrons. The maximum atomic E-state index is 5.31. The zero-order valence-corrected chi connectivity index (χ0v) is 11.2. The van der Waals surface area contributed by atoms with E-state index in [4.69, 9.17) is 9.47 Å². The fourth-order valence-corrected chi connectivity index (χ4v) is 2.08. The van der Waals surface area contributed by atoms with Crippen molar-refractivity contribution in [3.8, 4) is 11.5 Å². The zero-order valence-electron chi connectivity index (χ0n) is 9.18. The fourth-order valence-electron chi connectivity index (χ4n) is 1.50. The van der Waals surface area contributed by atoms with Crippen LogP contribution in [0.2, 0.25) is 0 Å². The van der Waals surface area contributed by atoms with Crippen molar-refractivity contribution in [3.05, 3.63) is 23.8 Å². The van der Waals surface area contributed by atoms with Crippen LogP contribution in [0.5, 0.6) is 11.5 Å². The van der Waals surface area contributed by atoms with Crippen molar-refractivity contribution in [1.29, 1.82) is 0 Å². The van der Waals surface area contributed by atoms with Crippen LogP contribution in [0.1, 0.15) is 11.1 Å². The van der Waals surface area contributed by atoms with E-state index in [2.05, 4.69) is 13.5 Å². The van der Waals surface area contributed by atoms with Gasteiger partial charge in [0.25, 0.3) is 0 Å². The van der Waals surface area contributed by atoms with Crippen LogP contribution in [-0.2, 0) is 0 Å². The van der Waals surface area contributed by atoms with E-state index < -0.39 is 0 Å². The van der Waals surface area contributed by atoms with E-state index in [1.54, 1.807) is 14.2 Å². The van der Waals surface area contributed by atoms with Crippen molar-refractivity contribution in [1.82, 2.24) is 0 Å². The van der Waals surface area contributed by atoms with Gasteiger partial charge in [0, 0.05) is 10.2 Å². The van der Waals surface area contributed by atoms with Gasteiger partial charge >= 0.3 is 0 Å². The standard InChI is InChI=1S/C11H16O2Si/c1-5-8-6-9(12-3)10(13-4)7(2)11(8)14/h5-6H,1H2,2-4,14H3. The summed E-state index contributed by atoms with van der Waals surface area (Å²) in [5.41, 5.74) is 2.31. The SMILES string of the molecule is C=Cc1cc(OC)c(OC)c(C)c1[SiH3]. The molecular formula is C11H16O2Si. The van der Waals surface area contributed by atoms with Gasteiger partial charge < -0.3 is 9.47 Å². The maximum Gasteiger partial charge on any atom is 0.163 e. The molecule has 1 aromatic carbocycles. The van der Waals surface area contributed by atoms with Gasteiger partial charge in [-0.25, -0.2) is 0 Å². The lowest BCUT2D eigenvalue weighted by atomic mass is 10.1. The van der Waals surface area contributed by atoms with Crippen molar-refractivity contribution in [2.24, 2.45) is 0 Å². The third kappa shape index (κ3) is 1.68. The van der Waals surface area contributed by atoms with Crippen molar-refractivity contribution in [2.75, 3.05) is 14.2 Å². The Bertz CT molecular complexity index is 359. The summed E-state index contributed by atoms with van der Waals surface area (Å²) in [6.07, 6.45) is 1.86. The van der Waals surface area contributed by atoms with Crippen LogP contribution in [0.15, 0.2) is 12.6 Å². The molecule has 0 bridgehead atoms. The number of ether oxygens (including phenoxy) is 2. The van der Waals surface area contributed by atoms with Crippen LogP contribution in [0.3, 0.4) is 0 Å². The minimum atomic E-state index is 0.777. The Kier molecular flexibility index (Phi) is 3.36. The van der Waals surface area contributed by atoms with E-state index >= 15 is 0 Å². The summed E-state index contributed by atoms with van der Waals surface area (Å²) < 4.78 is 10.6. The molecule has 0 amide bonds. The molecule has 0 heterocycles. The molecule has 0 N–H and O–H groups in total. The molecule has 0 fully saturated rings.